The van der Waals surface area contributed by atoms with Crippen molar-refractivity contribution in [3.05, 3.63) is 12.2 Å². The van der Waals surface area contributed by atoms with Crippen molar-refractivity contribution in [1.29, 1.82) is 0 Å². The molecule has 0 saturated heterocycles. The molecular formula is C52H103NO8P+. The number of esters is 2. The number of unbranched alkanes of at least 4 members (excludes halogenated alkanes) is 33. The summed E-state index contributed by atoms with van der Waals surface area (Å²) in [5.41, 5.74) is 0. The van der Waals surface area contributed by atoms with E-state index in [0.29, 0.717) is 17.4 Å². The van der Waals surface area contributed by atoms with Crippen LogP contribution in [-0.4, -0.2) is 74.9 Å². The molecule has 0 aliphatic rings. The van der Waals surface area contributed by atoms with Gasteiger partial charge < -0.3 is 18.9 Å². The highest BCUT2D eigenvalue weighted by molar-refractivity contribution is 7.47. The van der Waals surface area contributed by atoms with Crippen LogP contribution in [0.3, 0.4) is 0 Å². The first-order valence-corrected chi connectivity index (χ1v) is 27.9. The van der Waals surface area contributed by atoms with Crippen molar-refractivity contribution in [2.45, 2.75) is 264 Å². The molecule has 0 aliphatic heterocycles. The zero-order valence-corrected chi connectivity index (χ0v) is 42.5. The molecular weight excluding hydrogens is 798 g/mol. The molecule has 1 N–H and O–H groups in total. The van der Waals surface area contributed by atoms with Crippen LogP contribution in [0.5, 0.6) is 0 Å². The molecule has 0 saturated carbocycles. The van der Waals surface area contributed by atoms with E-state index < -0.39 is 26.5 Å². The fourth-order valence-electron chi connectivity index (χ4n) is 7.66. The number of carbonyl (C=O) groups is 2. The SMILES string of the molecule is CCCCCCCCCC/C=C/CCCCCC(=O)OC[C@H](COP(=O)(O)OCC[N+](C)(C)C)OC(=O)CCCCCCCCCCCCCCCCCCCCCCCCC. The number of rotatable bonds is 49. The van der Waals surface area contributed by atoms with Crippen LogP contribution in [0.25, 0.3) is 0 Å². The minimum atomic E-state index is -4.38. The molecule has 0 heterocycles. The third-order valence-electron chi connectivity index (χ3n) is 11.8. The molecule has 0 aromatic carbocycles. The maximum absolute atomic E-state index is 12.8. The molecule has 0 bridgehead atoms. The van der Waals surface area contributed by atoms with Gasteiger partial charge in [0.15, 0.2) is 6.10 Å². The van der Waals surface area contributed by atoms with Crippen molar-refractivity contribution in [3.8, 4) is 0 Å². The highest BCUT2D eigenvalue weighted by Crippen LogP contribution is 2.43. The lowest BCUT2D eigenvalue weighted by Gasteiger charge is -2.24. The topological polar surface area (TPSA) is 108 Å². The second-order valence-electron chi connectivity index (χ2n) is 19.3. The van der Waals surface area contributed by atoms with E-state index in [0.717, 1.165) is 44.9 Å². The first-order chi connectivity index (χ1) is 30.0. The predicted octanol–water partition coefficient (Wildman–Crippen LogP) is 15.7. The van der Waals surface area contributed by atoms with Crippen molar-refractivity contribution < 1.29 is 42.1 Å². The first-order valence-electron chi connectivity index (χ1n) is 26.4. The molecule has 0 fully saturated rings. The largest absolute Gasteiger partial charge is 0.472 e. The van der Waals surface area contributed by atoms with Crippen molar-refractivity contribution in [1.82, 2.24) is 0 Å². The van der Waals surface area contributed by atoms with Crippen LogP contribution < -0.4 is 0 Å². The summed E-state index contributed by atoms with van der Waals surface area (Å²) in [4.78, 5) is 35.5. The summed E-state index contributed by atoms with van der Waals surface area (Å²) in [5, 5.41) is 0. The van der Waals surface area contributed by atoms with E-state index in [4.69, 9.17) is 18.5 Å². The van der Waals surface area contributed by atoms with Gasteiger partial charge in [-0.3, -0.25) is 18.6 Å². The Morgan fingerprint density at radius 3 is 1.21 bits per heavy atom. The molecule has 1 unspecified atom stereocenters. The van der Waals surface area contributed by atoms with Gasteiger partial charge in [-0.05, 0) is 38.5 Å². The number of phosphoric ester groups is 1. The molecule has 2 atom stereocenters. The van der Waals surface area contributed by atoms with Crippen LogP contribution in [0.15, 0.2) is 12.2 Å². The van der Waals surface area contributed by atoms with Crippen LogP contribution in [0.4, 0.5) is 0 Å². The van der Waals surface area contributed by atoms with E-state index in [9.17, 15) is 19.0 Å². The van der Waals surface area contributed by atoms with Gasteiger partial charge in [-0.25, -0.2) is 4.57 Å². The Labute approximate surface area is 384 Å². The molecule has 0 aliphatic carbocycles. The Hall–Kier alpha value is -1.25. The molecule has 0 aromatic rings. The zero-order chi connectivity index (χ0) is 45.7. The summed E-state index contributed by atoms with van der Waals surface area (Å²) < 4.78 is 34.5. The third kappa shape index (κ3) is 48.2. The maximum Gasteiger partial charge on any atom is 0.472 e. The van der Waals surface area contributed by atoms with Gasteiger partial charge in [0, 0.05) is 12.8 Å². The number of hydrogen-bond acceptors (Lipinski definition) is 7. The second kappa shape index (κ2) is 44.9. The number of carbonyl (C=O) groups excluding carboxylic acids is 2. The smallest absolute Gasteiger partial charge is 0.462 e. The van der Waals surface area contributed by atoms with E-state index in [1.165, 1.54) is 180 Å². The minimum Gasteiger partial charge on any atom is -0.462 e. The number of quaternary nitrogens is 1. The van der Waals surface area contributed by atoms with Gasteiger partial charge in [-0.2, -0.15) is 0 Å². The predicted molar refractivity (Wildman–Crippen MR) is 261 cm³/mol. The van der Waals surface area contributed by atoms with E-state index in [1.807, 2.05) is 21.1 Å². The third-order valence-corrected chi connectivity index (χ3v) is 12.8. The summed E-state index contributed by atoms with van der Waals surface area (Å²) in [5.74, 6) is -0.801. The molecule has 62 heavy (non-hydrogen) atoms. The number of phosphoric acid groups is 1. The van der Waals surface area contributed by atoms with Crippen molar-refractivity contribution in [2.75, 3.05) is 47.5 Å². The quantitative estimate of drug-likeness (QED) is 0.0211. The normalized spacial score (nSPS) is 13.5. The molecule has 9 nitrogen and oxygen atoms in total. The van der Waals surface area contributed by atoms with Crippen molar-refractivity contribution in [3.63, 3.8) is 0 Å². The lowest BCUT2D eigenvalue weighted by atomic mass is 10.0. The number of nitrogens with zero attached hydrogens (tertiary/aromatic N) is 1. The highest BCUT2D eigenvalue weighted by Gasteiger charge is 2.27. The number of hydrogen-bond donors (Lipinski definition) is 1. The fourth-order valence-corrected chi connectivity index (χ4v) is 8.40. The van der Waals surface area contributed by atoms with Crippen LogP contribution in [-0.2, 0) is 32.7 Å². The standard InChI is InChI=1S/C52H102NO8P/c1-6-8-10-12-14-16-18-20-22-23-24-25-26-27-28-29-31-33-35-37-39-41-43-45-52(55)61-50(49-60-62(56,57)59-47-46-53(3,4)5)48-58-51(54)44-42-40-38-36-34-32-30-21-19-17-15-13-11-9-7-2/h32,34,50H,6-31,33,35-49H2,1-5H3/p+1/b34-32+/t50-/m1/s1. The summed E-state index contributed by atoms with van der Waals surface area (Å²) in [7, 11) is 1.48. The van der Waals surface area contributed by atoms with Crippen LogP contribution in [0, 0.1) is 0 Å². The summed E-state index contributed by atoms with van der Waals surface area (Å²) in [6, 6.07) is 0. The average Bonchev–Trinajstić information content (AvgIpc) is 3.23. The number of allylic oxidation sites excluding steroid dienone is 2. The summed E-state index contributed by atoms with van der Waals surface area (Å²) >= 11 is 0. The Morgan fingerprint density at radius 2 is 0.823 bits per heavy atom. The summed E-state index contributed by atoms with van der Waals surface area (Å²) in [6.45, 7) is 4.46. The summed E-state index contributed by atoms with van der Waals surface area (Å²) in [6.07, 6.45) is 49.9. The van der Waals surface area contributed by atoms with Crippen LogP contribution >= 0.6 is 7.82 Å². The van der Waals surface area contributed by atoms with Gasteiger partial charge in [0.05, 0.1) is 27.7 Å². The van der Waals surface area contributed by atoms with Crippen LogP contribution in [0.2, 0.25) is 0 Å². The fraction of sp³-hybridized carbons (Fsp3) is 0.923. The zero-order valence-electron chi connectivity index (χ0n) is 41.6. The van der Waals surface area contributed by atoms with E-state index in [1.54, 1.807) is 0 Å². The van der Waals surface area contributed by atoms with E-state index in [2.05, 4.69) is 26.0 Å². The Morgan fingerprint density at radius 1 is 0.484 bits per heavy atom. The molecule has 0 spiro atoms. The van der Waals surface area contributed by atoms with Gasteiger partial charge in [-0.15, -0.1) is 0 Å². The highest BCUT2D eigenvalue weighted by atomic mass is 31.2. The Kier molecular flexibility index (Phi) is 44.0. The molecule has 0 amide bonds. The van der Waals surface area contributed by atoms with Gasteiger partial charge >= 0.3 is 19.8 Å². The van der Waals surface area contributed by atoms with Crippen LogP contribution in [0.1, 0.15) is 258 Å². The maximum atomic E-state index is 12.8. The van der Waals surface area contributed by atoms with Crippen molar-refractivity contribution in [2.24, 2.45) is 0 Å². The van der Waals surface area contributed by atoms with E-state index >= 15 is 0 Å². The second-order valence-corrected chi connectivity index (χ2v) is 20.7. The minimum absolute atomic E-state index is 0.0330. The monoisotopic (exact) mass is 901 g/mol. The molecule has 0 rings (SSSR count). The molecule has 0 aromatic heterocycles. The molecule has 368 valence electrons. The molecule has 10 heteroatoms. The van der Waals surface area contributed by atoms with Gasteiger partial charge in [0.25, 0.3) is 0 Å². The molecule has 0 radical (unpaired) electrons. The van der Waals surface area contributed by atoms with Gasteiger partial charge in [0.1, 0.15) is 19.8 Å². The lowest BCUT2D eigenvalue weighted by molar-refractivity contribution is -0.870. The van der Waals surface area contributed by atoms with Crippen molar-refractivity contribution >= 4 is 19.8 Å². The number of likely N-dealkylation sites (N-methyl/N-ethyl adjacent to an activating group) is 1. The Balaban J connectivity index is 4.18. The van der Waals surface area contributed by atoms with E-state index in [-0.39, 0.29) is 32.0 Å². The Bertz CT molecular complexity index is 1060. The van der Waals surface area contributed by atoms with Gasteiger partial charge in [0.2, 0.25) is 0 Å². The first kappa shape index (κ1) is 60.8. The van der Waals surface area contributed by atoms with Gasteiger partial charge in [-0.1, -0.05) is 219 Å². The lowest BCUT2D eigenvalue weighted by Crippen LogP contribution is -2.37. The average molecular weight is 901 g/mol. The number of ether oxygens (including phenoxy) is 2.